The second-order valence-corrected chi connectivity index (χ2v) is 4.48. The lowest BCUT2D eigenvalue weighted by molar-refractivity contribution is -0.138. The second-order valence-electron chi connectivity index (χ2n) is 4.48. The fourth-order valence-electron chi connectivity index (χ4n) is 1.77. The molecule has 0 aliphatic rings. The number of hydrogen-bond donors (Lipinski definition) is 1. The van der Waals surface area contributed by atoms with E-state index in [0.717, 1.165) is 5.56 Å². The van der Waals surface area contributed by atoms with E-state index in [9.17, 15) is 14.0 Å². The second kappa shape index (κ2) is 7.43. The fraction of sp³-hybridized carbons (Fsp3) is 0.333. The Morgan fingerprint density at radius 3 is 2.50 bits per heavy atom. The summed E-state index contributed by atoms with van der Waals surface area (Å²) in [6.07, 6.45) is 1.57. The van der Waals surface area contributed by atoms with E-state index in [4.69, 9.17) is 0 Å². The summed E-state index contributed by atoms with van der Waals surface area (Å²) in [6.45, 7) is 7.19. The molecule has 0 bridgehead atoms. The maximum absolute atomic E-state index is 12.9. The van der Waals surface area contributed by atoms with Crippen LogP contribution in [0.2, 0.25) is 0 Å². The van der Waals surface area contributed by atoms with E-state index in [1.807, 2.05) is 0 Å². The van der Waals surface area contributed by atoms with E-state index in [1.165, 1.54) is 24.0 Å². The van der Waals surface area contributed by atoms with Crippen LogP contribution < -0.4 is 5.32 Å². The summed E-state index contributed by atoms with van der Waals surface area (Å²) < 4.78 is 12.9. The van der Waals surface area contributed by atoms with Crippen LogP contribution in [0.3, 0.4) is 0 Å². The van der Waals surface area contributed by atoms with Crippen molar-refractivity contribution in [2.45, 2.75) is 26.4 Å². The van der Waals surface area contributed by atoms with Crippen LogP contribution in [0.1, 0.15) is 19.4 Å². The van der Waals surface area contributed by atoms with Crippen LogP contribution in [-0.2, 0) is 16.1 Å². The molecule has 1 aromatic carbocycles. The van der Waals surface area contributed by atoms with E-state index in [2.05, 4.69) is 11.9 Å². The number of benzene rings is 1. The summed E-state index contributed by atoms with van der Waals surface area (Å²) in [6, 6.07) is 5.25. The molecule has 1 atom stereocenters. The molecule has 20 heavy (non-hydrogen) atoms. The minimum Gasteiger partial charge on any atom is -0.351 e. The lowest BCUT2D eigenvalue weighted by atomic mass is 10.1. The van der Waals surface area contributed by atoms with Crippen LogP contribution in [0.25, 0.3) is 0 Å². The van der Waals surface area contributed by atoms with Crippen LogP contribution in [0.4, 0.5) is 4.39 Å². The highest BCUT2D eigenvalue weighted by molar-refractivity contribution is 5.86. The highest BCUT2D eigenvalue weighted by Gasteiger charge is 2.23. The first kappa shape index (κ1) is 15.9. The molecule has 108 valence electrons. The van der Waals surface area contributed by atoms with Crippen molar-refractivity contribution >= 4 is 11.8 Å². The summed E-state index contributed by atoms with van der Waals surface area (Å²) in [5.74, 6) is -0.794. The van der Waals surface area contributed by atoms with Crippen molar-refractivity contribution in [1.29, 1.82) is 0 Å². The number of nitrogens with zero attached hydrogens (tertiary/aromatic N) is 1. The molecule has 0 aromatic heterocycles. The predicted molar refractivity (Wildman–Crippen MR) is 75.3 cm³/mol. The van der Waals surface area contributed by atoms with Gasteiger partial charge in [0.05, 0.1) is 0 Å². The number of nitrogens with one attached hydrogen (secondary N) is 1. The number of halogens is 1. The van der Waals surface area contributed by atoms with Crippen molar-refractivity contribution in [3.63, 3.8) is 0 Å². The van der Waals surface area contributed by atoms with Crippen LogP contribution >= 0.6 is 0 Å². The minimum absolute atomic E-state index is 0.212. The Bertz CT molecular complexity index is 485. The van der Waals surface area contributed by atoms with Gasteiger partial charge in [-0.2, -0.15) is 0 Å². The van der Waals surface area contributed by atoms with Crippen LogP contribution in [-0.4, -0.2) is 29.3 Å². The van der Waals surface area contributed by atoms with Crippen molar-refractivity contribution in [3.05, 3.63) is 48.3 Å². The van der Waals surface area contributed by atoms with Gasteiger partial charge in [-0.1, -0.05) is 18.2 Å². The van der Waals surface area contributed by atoms with E-state index in [-0.39, 0.29) is 24.2 Å². The largest absolute Gasteiger partial charge is 0.351 e. The topological polar surface area (TPSA) is 49.4 Å². The van der Waals surface area contributed by atoms with Gasteiger partial charge in [0, 0.05) is 20.0 Å². The van der Waals surface area contributed by atoms with Crippen molar-refractivity contribution in [2.24, 2.45) is 0 Å². The van der Waals surface area contributed by atoms with Crippen LogP contribution in [0.15, 0.2) is 36.9 Å². The maximum atomic E-state index is 12.9. The molecule has 2 amide bonds. The lowest BCUT2D eigenvalue weighted by Crippen LogP contribution is -2.46. The van der Waals surface area contributed by atoms with Crippen molar-refractivity contribution in [2.75, 3.05) is 6.54 Å². The number of amides is 2. The standard InChI is InChI=1S/C15H19FN2O2/c1-4-9-17-15(20)11(2)18(12(3)19)10-13-5-7-14(16)8-6-13/h4-8,11H,1,9-10H2,2-3H3,(H,17,20)/t11-/m0/s1. The van der Waals surface area contributed by atoms with Gasteiger partial charge in [-0.3, -0.25) is 9.59 Å². The van der Waals surface area contributed by atoms with Gasteiger partial charge in [0.25, 0.3) is 0 Å². The Labute approximate surface area is 118 Å². The Kier molecular flexibility index (Phi) is 5.90. The number of rotatable bonds is 6. The Balaban J connectivity index is 2.78. The lowest BCUT2D eigenvalue weighted by Gasteiger charge is -2.27. The van der Waals surface area contributed by atoms with Crippen molar-refractivity contribution < 1.29 is 14.0 Å². The third-order valence-electron chi connectivity index (χ3n) is 2.94. The summed E-state index contributed by atoms with van der Waals surface area (Å²) >= 11 is 0. The normalized spacial score (nSPS) is 11.6. The molecular formula is C15H19FN2O2. The monoisotopic (exact) mass is 278 g/mol. The van der Waals surface area contributed by atoms with Gasteiger partial charge in [0.2, 0.25) is 11.8 Å². The molecule has 0 unspecified atom stereocenters. The molecule has 0 radical (unpaired) electrons. The molecule has 0 aliphatic carbocycles. The summed E-state index contributed by atoms with van der Waals surface area (Å²) in [7, 11) is 0. The van der Waals surface area contributed by atoms with Gasteiger partial charge in [-0.25, -0.2) is 4.39 Å². The molecule has 0 saturated carbocycles. The molecule has 5 heteroatoms. The number of carbonyl (C=O) groups is 2. The minimum atomic E-state index is -0.600. The van der Waals surface area contributed by atoms with Gasteiger partial charge in [-0.05, 0) is 24.6 Å². The molecule has 0 spiro atoms. The van der Waals surface area contributed by atoms with E-state index >= 15 is 0 Å². The van der Waals surface area contributed by atoms with Crippen molar-refractivity contribution in [3.8, 4) is 0 Å². The fourth-order valence-corrected chi connectivity index (χ4v) is 1.77. The van der Waals surface area contributed by atoms with Gasteiger partial charge in [-0.15, -0.1) is 6.58 Å². The maximum Gasteiger partial charge on any atom is 0.242 e. The highest BCUT2D eigenvalue weighted by Crippen LogP contribution is 2.10. The summed E-state index contributed by atoms with van der Waals surface area (Å²) in [4.78, 5) is 25.0. The molecule has 1 aromatic rings. The Morgan fingerprint density at radius 1 is 1.40 bits per heavy atom. The van der Waals surface area contributed by atoms with Crippen molar-refractivity contribution in [1.82, 2.24) is 10.2 Å². The molecule has 0 fully saturated rings. The first-order chi connectivity index (χ1) is 9.45. The summed E-state index contributed by atoms with van der Waals surface area (Å²) in [5.41, 5.74) is 0.768. The smallest absolute Gasteiger partial charge is 0.242 e. The molecule has 0 heterocycles. The Hall–Kier alpha value is -2.17. The van der Waals surface area contributed by atoms with Gasteiger partial charge >= 0.3 is 0 Å². The van der Waals surface area contributed by atoms with E-state index in [0.29, 0.717) is 6.54 Å². The Morgan fingerprint density at radius 2 is 2.00 bits per heavy atom. The summed E-state index contributed by atoms with van der Waals surface area (Å²) in [5, 5.41) is 2.65. The third kappa shape index (κ3) is 4.50. The van der Waals surface area contributed by atoms with E-state index in [1.54, 1.807) is 25.1 Å². The zero-order chi connectivity index (χ0) is 15.1. The number of hydrogen-bond acceptors (Lipinski definition) is 2. The molecule has 0 saturated heterocycles. The SMILES string of the molecule is C=CCNC(=O)[C@H](C)N(Cc1ccc(F)cc1)C(C)=O. The van der Waals surface area contributed by atoms with Gasteiger partial charge < -0.3 is 10.2 Å². The predicted octanol–water partition coefficient (Wildman–Crippen LogP) is 1.86. The molecule has 0 aliphatic heterocycles. The third-order valence-corrected chi connectivity index (χ3v) is 2.94. The van der Waals surface area contributed by atoms with E-state index < -0.39 is 6.04 Å². The zero-order valence-corrected chi connectivity index (χ0v) is 11.7. The highest BCUT2D eigenvalue weighted by atomic mass is 19.1. The van der Waals surface area contributed by atoms with Gasteiger partial charge in [0.1, 0.15) is 11.9 Å². The molecule has 4 nitrogen and oxygen atoms in total. The van der Waals surface area contributed by atoms with Crippen LogP contribution in [0.5, 0.6) is 0 Å². The zero-order valence-electron chi connectivity index (χ0n) is 11.7. The van der Waals surface area contributed by atoms with Gasteiger partial charge in [0.15, 0.2) is 0 Å². The first-order valence-electron chi connectivity index (χ1n) is 6.36. The average Bonchev–Trinajstić information content (AvgIpc) is 2.43. The number of carbonyl (C=O) groups excluding carboxylic acids is 2. The molecular weight excluding hydrogens is 259 g/mol. The first-order valence-corrected chi connectivity index (χ1v) is 6.36. The molecule has 1 N–H and O–H groups in total. The quantitative estimate of drug-likeness (QED) is 0.808. The average molecular weight is 278 g/mol. The molecule has 1 rings (SSSR count). The van der Waals surface area contributed by atoms with Crippen LogP contribution in [0, 0.1) is 5.82 Å².